The standard InChI is InChI=1S/C16H20F2N4O2/c1-21-14(19-11-20-21)16(23)6-8-22(9-7-16)10-12-2-4-13(5-3-12)24-15(17)18/h2-5,11,15,23H,6-10H2,1H3. The number of piperidine rings is 1. The smallest absolute Gasteiger partial charge is 0.387 e. The van der Waals surface area contributed by atoms with Crippen molar-refractivity contribution in [1.29, 1.82) is 0 Å². The van der Waals surface area contributed by atoms with Crippen molar-refractivity contribution in [2.24, 2.45) is 7.05 Å². The summed E-state index contributed by atoms with van der Waals surface area (Å²) >= 11 is 0. The van der Waals surface area contributed by atoms with Crippen molar-refractivity contribution in [3.05, 3.63) is 42.0 Å². The number of hydrogen-bond donors (Lipinski definition) is 1. The van der Waals surface area contributed by atoms with Gasteiger partial charge in [-0.1, -0.05) is 12.1 Å². The molecular weight excluding hydrogens is 318 g/mol. The number of aromatic nitrogens is 3. The molecule has 130 valence electrons. The highest BCUT2D eigenvalue weighted by molar-refractivity contribution is 5.27. The largest absolute Gasteiger partial charge is 0.435 e. The van der Waals surface area contributed by atoms with Gasteiger partial charge < -0.3 is 9.84 Å². The number of hydrogen-bond acceptors (Lipinski definition) is 5. The van der Waals surface area contributed by atoms with Crippen molar-refractivity contribution in [2.75, 3.05) is 13.1 Å². The van der Waals surface area contributed by atoms with Crippen LogP contribution in [0.4, 0.5) is 8.78 Å². The second-order valence-electron chi connectivity index (χ2n) is 6.04. The summed E-state index contributed by atoms with van der Waals surface area (Å²) in [5.74, 6) is 0.750. The Balaban J connectivity index is 1.56. The summed E-state index contributed by atoms with van der Waals surface area (Å²) in [5, 5.41) is 14.8. The zero-order valence-corrected chi connectivity index (χ0v) is 13.4. The van der Waals surface area contributed by atoms with E-state index in [2.05, 4.69) is 19.7 Å². The Morgan fingerprint density at radius 3 is 2.46 bits per heavy atom. The molecule has 1 fully saturated rings. The first-order valence-electron chi connectivity index (χ1n) is 7.79. The van der Waals surface area contributed by atoms with E-state index in [9.17, 15) is 13.9 Å². The predicted octanol–water partition coefficient (Wildman–Crippen LogP) is 1.90. The summed E-state index contributed by atoms with van der Waals surface area (Å²) < 4.78 is 30.2. The number of alkyl halides is 2. The van der Waals surface area contributed by atoms with Crippen LogP contribution in [-0.2, 0) is 19.2 Å². The monoisotopic (exact) mass is 338 g/mol. The first-order valence-corrected chi connectivity index (χ1v) is 7.79. The van der Waals surface area contributed by atoms with Gasteiger partial charge in [0.15, 0.2) is 5.82 Å². The zero-order chi connectivity index (χ0) is 17.2. The number of aryl methyl sites for hydroxylation is 1. The second-order valence-corrected chi connectivity index (χ2v) is 6.04. The fourth-order valence-electron chi connectivity index (χ4n) is 3.06. The minimum Gasteiger partial charge on any atom is -0.435 e. The lowest BCUT2D eigenvalue weighted by Crippen LogP contribution is -2.43. The maximum absolute atomic E-state index is 12.1. The molecule has 24 heavy (non-hydrogen) atoms. The topological polar surface area (TPSA) is 63.4 Å². The summed E-state index contributed by atoms with van der Waals surface area (Å²) in [5.41, 5.74) is 0.0668. The number of halogens is 2. The van der Waals surface area contributed by atoms with Gasteiger partial charge in [0.1, 0.15) is 17.7 Å². The molecule has 0 radical (unpaired) electrons. The lowest BCUT2D eigenvalue weighted by atomic mass is 9.90. The number of nitrogens with zero attached hydrogens (tertiary/aromatic N) is 4. The van der Waals surface area contributed by atoms with E-state index in [1.165, 1.54) is 6.33 Å². The van der Waals surface area contributed by atoms with E-state index in [4.69, 9.17) is 0 Å². The molecule has 6 nitrogen and oxygen atoms in total. The average Bonchev–Trinajstić information content (AvgIpc) is 2.98. The van der Waals surface area contributed by atoms with Crippen molar-refractivity contribution < 1.29 is 18.6 Å². The SMILES string of the molecule is Cn1ncnc1C1(O)CCN(Cc2ccc(OC(F)F)cc2)CC1. The number of likely N-dealkylation sites (tertiary alicyclic amines) is 1. The molecule has 1 aliphatic rings. The van der Waals surface area contributed by atoms with Gasteiger partial charge in [-0.2, -0.15) is 13.9 Å². The highest BCUT2D eigenvalue weighted by Gasteiger charge is 2.37. The molecule has 2 aromatic rings. The van der Waals surface area contributed by atoms with Crippen LogP contribution in [0.1, 0.15) is 24.2 Å². The van der Waals surface area contributed by atoms with Crippen molar-refractivity contribution >= 4 is 0 Å². The maximum atomic E-state index is 12.1. The third-order valence-corrected chi connectivity index (χ3v) is 4.37. The Kier molecular flexibility index (Phi) is 4.77. The third-order valence-electron chi connectivity index (χ3n) is 4.37. The predicted molar refractivity (Wildman–Crippen MR) is 82.5 cm³/mol. The van der Waals surface area contributed by atoms with Gasteiger partial charge in [0, 0.05) is 26.7 Å². The minimum absolute atomic E-state index is 0.157. The van der Waals surface area contributed by atoms with E-state index in [1.54, 1.807) is 36.0 Å². The van der Waals surface area contributed by atoms with Crippen LogP contribution in [0.2, 0.25) is 0 Å². The van der Waals surface area contributed by atoms with E-state index < -0.39 is 12.2 Å². The van der Waals surface area contributed by atoms with Crippen LogP contribution in [0.25, 0.3) is 0 Å². The van der Waals surface area contributed by atoms with Crippen LogP contribution < -0.4 is 4.74 Å². The molecule has 8 heteroatoms. The molecular formula is C16H20F2N4O2. The molecule has 0 saturated carbocycles. The summed E-state index contributed by atoms with van der Waals surface area (Å²) in [6.07, 6.45) is 2.60. The van der Waals surface area contributed by atoms with Crippen molar-refractivity contribution in [1.82, 2.24) is 19.7 Å². The van der Waals surface area contributed by atoms with Crippen LogP contribution in [0.3, 0.4) is 0 Å². The van der Waals surface area contributed by atoms with Gasteiger partial charge in [-0.3, -0.25) is 9.58 Å². The van der Waals surface area contributed by atoms with Gasteiger partial charge in [-0.05, 0) is 30.5 Å². The highest BCUT2D eigenvalue weighted by Crippen LogP contribution is 2.31. The molecule has 1 N–H and O–H groups in total. The van der Waals surface area contributed by atoms with Gasteiger partial charge in [0.25, 0.3) is 0 Å². The van der Waals surface area contributed by atoms with E-state index in [0.717, 1.165) is 18.7 Å². The molecule has 0 spiro atoms. The summed E-state index contributed by atoms with van der Waals surface area (Å²) in [4.78, 5) is 6.38. The van der Waals surface area contributed by atoms with Crippen LogP contribution in [-0.4, -0.2) is 44.5 Å². The van der Waals surface area contributed by atoms with Gasteiger partial charge in [-0.25, -0.2) is 4.98 Å². The Bertz CT molecular complexity index is 667. The van der Waals surface area contributed by atoms with Crippen molar-refractivity contribution in [3.63, 3.8) is 0 Å². The van der Waals surface area contributed by atoms with Crippen molar-refractivity contribution in [2.45, 2.75) is 31.6 Å². The molecule has 1 saturated heterocycles. The maximum Gasteiger partial charge on any atom is 0.387 e. The molecule has 1 aromatic carbocycles. The summed E-state index contributed by atoms with van der Waals surface area (Å²) in [6.45, 7) is -0.669. The summed E-state index contributed by atoms with van der Waals surface area (Å²) in [6, 6.07) is 6.64. The number of benzene rings is 1. The van der Waals surface area contributed by atoms with E-state index in [1.807, 2.05) is 0 Å². The quantitative estimate of drug-likeness (QED) is 0.902. The second kappa shape index (κ2) is 6.82. The number of ether oxygens (including phenoxy) is 1. The number of rotatable bonds is 5. The average molecular weight is 338 g/mol. The number of aliphatic hydroxyl groups is 1. The van der Waals surface area contributed by atoms with E-state index >= 15 is 0 Å². The van der Waals surface area contributed by atoms with Crippen LogP contribution in [0.5, 0.6) is 5.75 Å². The third kappa shape index (κ3) is 3.70. The zero-order valence-electron chi connectivity index (χ0n) is 13.4. The van der Waals surface area contributed by atoms with E-state index in [0.29, 0.717) is 25.2 Å². The molecule has 0 bridgehead atoms. The van der Waals surface area contributed by atoms with Crippen LogP contribution >= 0.6 is 0 Å². The molecule has 2 heterocycles. The Morgan fingerprint density at radius 1 is 1.25 bits per heavy atom. The molecule has 1 aromatic heterocycles. The highest BCUT2D eigenvalue weighted by atomic mass is 19.3. The lowest BCUT2D eigenvalue weighted by molar-refractivity contribution is -0.0498. The first-order chi connectivity index (χ1) is 11.5. The van der Waals surface area contributed by atoms with Gasteiger partial charge in [0.2, 0.25) is 0 Å². The Labute approximate surface area is 138 Å². The molecule has 0 atom stereocenters. The minimum atomic E-state index is -2.81. The molecule has 1 aliphatic heterocycles. The molecule has 0 aliphatic carbocycles. The molecule has 3 rings (SSSR count). The van der Waals surface area contributed by atoms with E-state index in [-0.39, 0.29) is 5.75 Å². The fraction of sp³-hybridized carbons (Fsp3) is 0.500. The van der Waals surface area contributed by atoms with Gasteiger partial charge >= 0.3 is 6.61 Å². The normalized spacial score (nSPS) is 18.0. The molecule has 0 amide bonds. The fourth-order valence-corrected chi connectivity index (χ4v) is 3.06. The van der Waals surface area contributed by atoms with Crippen molar-refractivity contribution in [3.8, 4) is 5.75 Å². The summed E-state index contributed by atoms with van der Waals surface area (Å²) in [7, 11) is 1.77. The Morgan fingerprint density at radius 2 is 1.92 bits per heavy atom. The first kappa shape index (κ1) is 16.8. The van der Waals surface area contributed by atoms with Gasteiger partial charge in [0.05, 0.1) is 0 Å². The molecule has 0 unspecified atom stereocenters. The lowest BCUT2D eigenvalue weighted by Gasteiger charge is -2.37. The van der Waals surface area contributed by atoms with Crippen LogP contribution in [0.15, 0.2) is 30.6 Å². The van der Waals surface area contributed by atoms with Crippen LogP contribution in [0, 0.1) is 0 Å². The van der Waals surface area contributed by atoms with Gasteiger partial charge in [-0.15, -0.1) is 0 Å². The Hall–Kier alpha value is -2.06.